The van der Waals surface area contributed by atoms with Gasteiger partial charge in [0.15, 0.2) is 18.1 Å². The monoisotopic (exact) mass is 653 g/mol. The summed E-state index contributed by atoms with van der Waals surface area (Å²) in [6, 6.07) is 22.4. The van der Waals surface area contributed by atoms with Crippen molar-refractivity contribution in [3.8, 4) is 11.5 Å². The van der Waals surface area contributed by atoms with Crippen molar-refractivity contribution in [1.82, 2.24) is 4.98 Å². The molecule has 3 amide bonds. The summed E-state index contributed by atoms with van der Waals surface area (Å²) in [7, 11) is 1.56. The number of carbonyl (C=O) groups excluding carboxylic acids is 3. The highest BCUT2D eigenvalue weighted by Crippen LogP contribution is 2.68. The van der Waals surface area contributed by atoms with E-state index >= 15 is 0 Å². The number of methoxy groups -OCH3 is 1. The number of carbonyl (C=O) groups is 3. The summed E-state index contributed by atoms with van der Waals surface area (Å²) in [5.41, 5.74) is 3.32. The number of para-hydroxylation sites is 1. The number of anilines is 2. The van der Waals surface area contributed by atoms with Crippen LogP contribution < -0.4 is 24.6 Å². The summed E-state index contributed by atoms with van der Waals surface area (Å²) in [5, 5.41) is 3.73. The number of thiazole rings is 1. The summed E-state index contributed by atoms with van der Waals surface area (Å²) in [4.78, 5) is 58.4. The molecule has 2 bridgehead atoms. The Morgan fingerprint density at radius 3 is 2.43 bits per heavy atom. The summed E-state index contributed by atoms with van der Waals surface area (Å²) in [5.74, 6) is -0.428. The number of hydrogen-bond acceptors (Lipinski definition) is 8. The highest BCUT2D eigenvalue weighted by molar-refractivity contribution is 8.00. The van der Waals surface area contributed by atoms with E-state index in [9.17, 15) is 19.2 Å². The number of amides is 3. The first kappa shape index (κ1) is 29.1. The van der Waals surface area contributed by atoms with Crippen molar-refractivity contribution in [3.63, 3.8) is 0 Å². The zero-order valence-electron chi connectivity index (χ0n) is 25.1. The van der Waals surface area contributed by atoms with Gasteiger partial charge in [-0.05, 0) is 73.1 Å². The minimum Gasteiger partial charge on any atom is -0.493 e. The SMILES string of the molecule is COc1cc([C@@H]2c3sc(=O)[nH]c3S[C@@H]3[C@@H]4C[C@@H]([C@@H]5C(=O)N(c6ccc(C)cc6)C(=O)[C@@H]45)[C@H]23)ccc1OCC(=O)Nc1ccccc1. The molecule has 4 aromatic rings. The maximum atomic E-state index is 14.0. The van der Waals surface area contributed by atoms with Gasteiger partial charge in [0.2, 0.25) is 11.8 Å². The van der Waals surface area contributed by atoms with Crippen LogP contribution in [0.3, 0.4) is 0 Å². The first-order valence-corrected chi connectivity index (χ1v) is 17.0. The van der Waals surface area contributed by atoms with Gasteiger partial charge in [0.05, 0.1) is 29.7 Å². The summed E-state index contributed by atoms with van der Waals surface area (Å²) >= 11 is 2.87. The van der Waals surface area contributed by atoms with Gasteiger partial charge in [0, 0.05) is 21.7 Å². The Kier molecular flexibility index (Phi) is 7.06. The number of aryl methyl sites for hydroxylation is 1. The lowest BCUT2D eigenvalue weighted by Gasteiger charge is -2.43. The van der Waals surface area contributed by atoms with Crippen LogP contribution in [0.2, 0.25) is 0 Å². The number of aromatic amines is 1. The molecular formula is C35H31N3O6S2. The minimum absolute atomic E-state index is 0.00152. The second-order valence-corrected chi connectivity index (χ2v) is 14.6. The molecule has 11 heteroatoms. The molecule has 234 valence electrons. The number of rotatable bonds is 7. The normalized spacial score (nSPS) is 27.3. The smallest absolute Gasteiger partial charge is 0.305 e. The maximum absolute atomic E-state index is 14.0. The van der Waals surface area contributed by atoms with Crippen LogP contribution in [0, 0.1) is 36.5 Å². The predicted molar refractivity (Wildman–Crippen MR) is 176 cm³/mol. The molecule has 3 heterocycles. The highest BCUT2D eigenvalue weighted by atomic mass is 32.2. The van der Waals surface area contributed by atoms with E-state index in [4.69, 9.17) is 9.47 Å². The van der Waals surface area contributed by atoms with Gasteiger partial charge in [-0.1, -0.05) is 53.3 Å². The van der Waals surface area contributed by atoms with Crippen LogP contribution in [0.15, 0.2) is 82.6 Å². The molecule has 3 fully saturated rings. The molecule has 0 spiro atoms. The van der Waals surface area contributed by atoms with Crippen molar-refractivity contribution < 1.29 is 23.9 Å². The largest absolute Gasteiger partial charge is 0.493 e. The Bertz CT molecular complexity index is 1920. The molecule has 7 atom stereocenters. The Balaban J connectivity index is 1.10. The van der Waals surface area contributed by atoms with E-state index in [0.717, 1.165) is 27.5 Å². The number of ether oxygens (including phenoxy) is 2. The second kappa shape index (κ2) is 11.2. The molecule has 4 aliphatic rings. The fourth-order valence-electron chi connectivity index (χ4n) is 8.20. The van der Waals surface area contributed by atoms with Gasteiger partial charge in [0.1, 0.15) is 0 Å². The van der Waals surface area contributed by atoms with Crippen LogP contribution in [0.25, 0.3) is 0 Å². The van der Waals surface area contributed by atoms with Crippen molar-refractivity contribution in [2.75, 3.05) is 23.9 Å². The van der Waals surface area contributed by atoms with Crippen molar-refractivity contribution >= 4 is 52.2 Å². The molecule has 9 nitrogen and oxygen atoms in total. The van der Waals surface area contributed by atoms with Gasteiger partial charge in [-0.3, -0.25) is 24.1 Å². The van der Waals surface area contributed by atoms with Crippen LogP contribution >= 0.6 is 23.1 Å². The Morgan fingerprint density at radius 1 is 0.957 bits per heavy atom. The number of thioether (sulfide) groups is 1. The van der Waals surface area contributed by atoms with E-state index in [2.05, 4.69) is 10.3 Å². The molecule has 2 N–H and O–H groups in total. The summed E-state index contributed by atoms with van der Waals surface area (Å²) in [6.07, 6.45) is 0.807. The number of imide groups is 1. The van der Waals surface area contributed by atoms with Crippen LogP contribution in [0.1, 0.15) is 28.3 Å². The molecule has 8 rings (SSSR count). The Morgan fingerprint density at radius 2 is 1.70 bits per heavy atom. The van der Waals surface area contributed by atoms with Gasteiger partial charge in [0.25, 0.3) is 5.91 Å². The van der Waals surface area contributed by atoms with E-state index < -0.39 is 0 Å². The summed E-state index contributed by atoms with van der Waals surface area (Å²) in [6.45, 7) is 1.78. The van der Waals surface area contributed by atoms with Gasteiger partial charge >= 0.3 is 4.87 Å². The predicted octanol–water partition coefficient (Wildman–Crippen LogP) is 5.45. The molecule has 1 saturated heterocycles. The number of H-pyrrole nitrogens is 1. The average molecular weight is 654 g/mol. The Labute approximate surface area is 273 Å². The van der Waals surface area contributed by atoms with E-state index in [1.54, 1.807) is 37.1 Å². The van der Waals surface area contributed by atoms with Crippen molar-refractivity contribution in [2.45, 2.75) is 29.5 Å². The number of nitrogens with zero attached hydrogens (tertiary/aromatic N) is 1. The third kappa shape index (κ3) is 4.59. The lowest BCUT2D eigenvalue weighted by atomic mass is 9.68. The van der Waals surface area contributed by atoms with Crippen molar-refractivity contribution in [1.29, 1.82) is 0 Å². The standard InChI is InChI=1S/C35H31N3O6S2/c1-17-8-11-20(12-9-17)38-33(40)28-21-15-22(29(28)34(38)41)30-27(21)26(31-32(45-30)37-35(42)46-31)18-10-13-23(24(14-18)43-2)44-16-25(39)36-19-6-4-3-5-7-19/h3-14,21-22,26-30H,15-16H2,1-2H3,(H,36,39)(H,37,42)/t21-,22-,26+,27-,28+,29+,30-/m1/s1. The molecule has 2 saturated carbocycles. The number of benzene rings is 3. The molecule has 1 aromatic heterocycles. The zero-order valence-corrected chi connectivity index (χ0v) is 26.7. The number of fused-ring (bicyclic) bond motifs is 9. The zero-order chi connectivity index (χ0) is 31.7. The van der Waals surface area contributed by atoms with E-state index in [1.165, 1.54) is 16.2 Å². The molecule has 0 unspecified atom stereocenters. The number of hydrogen-bond donors (Lipinski definition) is 2. The van der Waals surface area contributed by atoms with Crippen LogP contribution in [-0.4, -0.2) is 41.7 Å². The van der Waals surface area contributed by atoms with Crippen molar-refractivity contribution in [3.05, 3.63) is 98.5 Å². The lowest BCUT2D eigenvalue weighted by Crippen LogP contribution is -2.42. The average Bonchev–Trinajstić information content (AvgIpc) is 3.80. The third-order valence-corrected chi connectivity index (χ3v) is 12.6. The van der Waals surface area contributed by atoms with Crippen molar-refractivity contribution in [2.24, 2.45) is 29.6 Å². The van der Waals surface area contributed by atoms with Crippen LogP contribution in [0.5, 0.6) is 11.5 Å². The first-order valence-electron chi connectivity index (χ1n) is 15.3. The fraction of sp³-hybridized carbons (Fsp3) is 0.314. The molecular weight excluding hydrogens is 623 g/mol. The van der Waals surface area contributed by atoms with E-state index in [0.29, 0.717) is 22.9 Å². The summed E-state index contributed by atoms with van der Waals surface area (Å²) < 4.78 is 11.6. The first-order chi connectivity index (χ1) is 22.3. The minimum atomic E-state index is -0.381. The fourth-order valence-corrected chi connectivity index (χ4v) is 11.1. The third-order valence-electron chi connectivity index (χ3n) is 9.98. The van der Waals surface area contributed by atoms with E-state index in [1.807, 2.05) is 61.5 Å². The molecule has 2 aliphatic heterocycles. The number of aromatic nitrogens is 1. The van der Waals surface area contributed by atoms with Gasteiger partial charge in [-0.2, -0.15) is 0 Å². The second-order valence-electron chi connectivity index (χ2n) is 12.4. The van der Waals surface area contributed by atoms with Crippen LogP contribution in [0.4, 0.5) is 11.4 Å². The number of nitrogens with one attached hydrogen (secondary N) is 2. The van der Waals surface area contributed by atoms with Gasteiger partial charge in [-0.15, -0.1) is 11.8 Å². The quantitative estimate of drug-likeness (QED) is 0.255. The Hall–Kier alpha value is -4.35. The van der Waals surface area contributed by atoms with E-state index in [-0.39, 0.29) is 70.0 Å². The topological polar surface area (TPSA) is 118 Å². The van der Waals surface area contributed by atoms with Gasteiger partial charge < -0.3 is 19.8 Å². The molecule has 46 heavy (non-hydrogen) atoms. The molecule has 3 aromatic carbocycles. The maximum Gasteiger partial charge on any atom is 0.305 e. The molecule has 2 aliphatic carbocycles. The van der Waals surface area contributed by atoms with Crippen LogP contribution in [-0.2, 0) is 14.4 Å². The van der Waals surface area contributed by atoms with Gasteiger partial charge in [-0.25, -0.2) is 0 Å². The molecule has 0 radical (unpaired) electrons. The lowest BCUT2D eigenvalue weighted by molar-refractivity contribution is -0.123. The highest BCUT2D eigenvalue weighted by Gasteiger charge is 2.69.